The van der Waals surface area contributed by atoms with E-state index < -0.39 is 12.1 Å². The highest BCUT2D eigenvalue weighted by molar-refractivity contribution is 5.74. The van der Waals surface area contributed by atoms with Gasteiger partial charge < -0.3 is 10.8 Å². The zero-order valence-electron chi connectivity index (χ0n) is 10.6. The van der Waals surface area contributed by atoms with Crippen LogP contribution in [0.25, 0.3) is 0 Å². The van der Waals surface area contributed by atoms with Crippen LogP contribution in [0, 0.1) is 5.92 Å². The number of aliphatic carboxylic acids is 1. The third-order valence-corrected chi connectivity index (χ3v) is 2.09. The maximum atomic E-state index is 10.6. The van der Waals surface area contributed by atoms with Crippen LogP contribution in [0.2, 0.25) is 0 Å². The van der Waals surface area contributed by atoms with Crippen LogP contribution >= 0.6 is 0 Å². The normalized spacial score (nSPS) is 12.3. The van der Waals surface area contributed by atoms with Crippen molar-refractivity contribution >= 4 is 11.9 Å². The Morgan fingerprint density at radius 2 is 1.72 bits per heavy atom. The van der Waals surface area contributed by atoms with Crippen molar-refractivity contribution in [1.82, 2.24) is 0 Å². The Kier molecular flexibility index (Phi) is 10.3. The van der Waals surface area contributed by atoms with Gasteiger partial charge in [0.15, 0.2) is 0 Å². The van der Waals surface area contributed by atoms with Crippen molar-refractivity contribution in [3.8, 4) is 0 Å². The monoisotopic (exact) mass is 271 g/mol. The van der Waals surface area contributed by atoms with E-state index in [9.17, 15) is 18.0 Å². The minimum atomic E-state index is -5.08. The zero-order valence-corrected chi connectivity index (χ0v) is 10.6. The number of amides is 1. The molecule has 1 atom stereocenters. The molecule has 0 aliphatic rings. The van der Waals surface area contributed by atoms with Crippen molar-refractivity contribution in [2.24, 2.45) is 11.7 Å². The summed E-state index contributed by atoms with van der Waals surface area (Å²) >= 11 is 0. The van der Waals surface area contributed by atoms with Gasteiger partial charge in [-0.15, -0.1) is 0 Å². The molecule has 0 saturated carbocycles. The number of alkyl halides is 3. The molecular weight excluding hydrogens is 251 g/mol. The zero-order chi connectivity index (χ0) is 14.8. The molecule has 0 aromatic rings. The molecule has 0 aromatic carbocycles. The number of primary amides is 1. The molecule has 0 radical (unpaired) electrons. The largest absolute Gasteiger partial charge is 0.490 e. The Hall–Kier alpha value is -1.27. The van der Waals surface area contributed by atoms with Crippen molar-refractivity contribution < 1.29 is 27.9 Å². The van der Waals surface area contributed by atoms with Gasteiger partial charge in [-0.1, -0.05) is 39.5 Å². The van der Waals surface area contributed by atoms with Crippen LogP contribution in [0.5, 0.6) is 0 Å². The number of hydrogen-bond donors (Lipinski definition) is 2. The Bertz CT molecular complexity index is 254. The summed E-state index contributed by atoms with van der Waals surface area (Å²) in [4.78, 5) is 19.4. The minimum absolute atomic E-state index is 0.172. The van der Waals surface area contributed by atoms with Crippen molar-refractivity contribution in [2.45, 2.75) is 52.1 Å². The topological polar surface area (TPSA) is 80.4 Å². The summed E-state index contributed by atoms with van der Waals surface area (Å²) in [6, 6.07) is 0. The molecule has 0 fully saturated rings. The first kappa shape index (κ1) is 19.1. The van der Waals surface area contributed by atoms with E-state index in [-0.39, 0.29) is 5.91 Å². The predicted octanol–water partition coefficient (Wildman–Crippen LogP) is 2.71. The number of carboxylic acid groups (broad SMARTS) is 1. The molecule has 0 aliphatic heterocycles. The van der Waals surface area contributed by atoms with E-state index in [1.54, 1.807) is 0 Å². The summed E-state index contributed by atoms with van der Waals surface area (Å²) in [6.45, 7) is 4.26. The van der Waals surface area contributed by atoms with E-state index in [0.717, 1.165) is 6.42 Å². The van der Waals surface area contributed by atoms with Crippen molar-refractivity contribution in [1.29, 1.82) is 0 Å². The molecule has 0 saturated heterocycles. The van der Waals surface area contributed by atoms with Crippen LogP contribution in [0.3, 0.4) is 0 Å². The fraction of sp³-hybridized carbons (Fsp3) is 0.818. The van der Waals surface area contributed by atoms with Gasteiger partial charge in [0.25, 0.3) is 0 Å². The Balaban J connectivity index is 0. The second-order valence-electron chi connectivity index (χ2n) is 4.07. The fourth-order valence-electron chi connectivity index (χ4n) is 1.19. The smallest absolute Gasteiger partial charge is 0.475 e. The van der Waals surface area contributed by atoms with Crippen molar-refractivity contribution in [3.63, 3.8) is 0 Å². The summed E-state index contributed by atoms with van der Waals surface area (Å²) in [7, 11) is 0. The first-order chi connectivity index (χ1) is 8.11. The highest BCUT2D eigenvalue weighted by Crippen LogP contribution is 2.13. The molecule has 0 aliphatic carbocycles. The Morgan fingerprint density at radius 3 is 2.00 bits per heavy atom. The van der Waals surface area contributed by atoms with Crippen molar-refractivity contribution in [3.05, 3.63) is 0 Å². The van der Waals surface area contributed by atoms with Gasteiger partial charge in [0.1, 0.15) is 0 Å². The number of hydrogen-bond acceptors (Lipinski definition) is 2. The standard InChI is InChI=1S/C9H19NO.C2HF3O2/c1-3-4-5-6-8(2)7-9(10)11;3-2(4,5)1(6)7/h8H,3-7H2,1-2H3,(H2,10,11);(H,6,7). The third-order valence-electron chi connectivity index (χ3n) is 2.09. The molecule has 7 heteroatoms. The molecule has 3 N–H and O–H groups in total. The minimum Gasteiger partial charge on any atom is -0.475 e. The average Bonchev–Trinajstić information content (AvgIpc) is 2.16. The number of rotatable bonds is 6. The van der Waals surface area contributed by atoms with Crippen LogP contribution < -0.4 is 5.73 Å². The maximum Gasteiger partial charge on any atom is 0.490 e. The van der Waals surface area contributed by atoms with Gasteiger partial charge in [0.2, 0.25) is 5.91 Å². The van der Waals surface area contributed by atoms with E-state index in [2.05, 4.69) is 13.8 Å². The number of nitrogens with two attached hydrogens (primary N) is 1. The van der Waals surface area contributed by atoms with Crippen LogP contribution in [-0.2, 0) is 9.59 Å². The molecule has 0 bridgehead atoms. The van der Waals surface area contributed by atoms with Crippen molar-refractivity contribution in [2.75, 3.05) is 0 Å². The van der Waals surface area contributed by atoms with Gasteiger partial charge >= 0.3 is 12.1 Å². The number of carbonyl (C=O) groups is 2. The lowest BCUT2D eigenvalue weighted by Crippen LogP contribution is -2.21. The molecule has 0 aromatic heterocycles. The number of carbonyl (C=O) groups excluding carboxylic acids is 1. The van der Waals surface area contributed by atoms with Gasteiger partial charge in [-0.05, 0) is 5.92 Å². The Labute approximate surface area is 104 Å². The second kappa shape index (κ2) is 9.73. The predicted molar refractivity (Wildman–Crippen MR) is 60.8 cm³/mol. The van der Waals surface area contributed by atoms with Crippen LogP contribution in [0.4, 0.5) is 13.2 Å². The molecule has 0 rings (SSSR count). The maximum absolute atomic E-state index is 10.6. The number of unbranched alkanes of at least 4 members (excludes halogenated alkanes) is 2. The molecule has 1 unspecified atom stereocenters. The van der Waals surface area contributed by atoms with Gasteiger partial charge in [-0.3, -0.25) is 4.79 Å². The lowest BCUT2D eigenvalue weighted by molar-refractivity contribution is -0.192. The molecule has 108 valence electrons. The first-order valence-corrected chi connectivity index (χ1v) is 5.69. The van der Waals surface area contributed by atoms with Crippen LogP contribution in [0.15, 0.2) is 0 Å². The van der Waals surface area contributed by atoms with E-state index >= 15 is 0 Å². The summed E-state index contributed by atoms with van der Waals surface area (Å²) in [6.07, 6.45) is 0.331. The molecule has 4 nitrogen and oxygen atoms in total. The summed E-state index contributed by atoms with van der Waals surface area (Å²) < 4.78 is 31.7. The quantitative estimate of drug-likeness (QED) is 0.729. The third kappa shape index (κ3) is 14.7. The summed E-state index contributed by atoms with van der Waals surface area (Å²) in [5.74, 6) is -2.46. The van der Waals surface area contributed by atoms with E-state index in [0.29, 0.717) is 12.3 Å². The molecule has 0 spiro atoms. The number of carboxylic acids is 1. The fourth-order valence-corrected chi connectivity index (χ4v) is 1.19. The lowest BCUT2D eigenvalue weighted by atomic mass is 10.00. The SMILES string of the molecule is CCCCCC(C)CC(N)=O.O=C(O)C(F)(F)F. The first-order valence-electron chi connectivity index (χ1n) is 5.69. The molecule has 0 heterocycles. The van der Waals surface area contributed by atoms with E-state index in [4.69, 9.17) is 15.6 Å². The molecule has 18 heavy (non-hydrogen) atoms. The van der Waals surface area contributed by atoms with Gasteiger partial charge in [-0.2, -0.15) is 13.2 Å². The highest BCUT2D eigenvalue weighted by atomic mass is 19.4. The summed E-state index contributed by atoms with van der Waals surface area (Å²) in [5, 5.41) is 7.12. The van der Waals surface area contributed by atoms with E-state index in [1.807, 2.05) is 0 Å². The second-order valence-corrected chi connectivity index (χ2v) is 4.07. The average molecular weight is 271 g/mol. The highest BCUT2D eigenvalue weighted by Gasteiger charge is 2.38. The van der Waals surface area contributed by atoms with Crippen LogP contribution in [-0.4, -0.2) is 23.2 Å². The molecular formula is C11H20F3NO3. The lowest BCUT2D eigenvalue weighted by Gasteiger charge is -2.07. The van der Waals surface area contributed by atoms with E-state index in [1.165, 1.54) is 19.3 Å². The molecule has 1 amide bonds. The number of halogens is 3. The van der Waals surface area contributed by atoms with Crippen LogP contribution in [0.1, 0.15) is 46.0 Å². The Morgan fingerprint density at radius 1 is 1.28 bits per heavy atom. The summed E-state index contributed by atoms with van der Waals surface area (Å²) in [5.41, 5.74) is 5.06. The van der Waals surface area contributed by atoms with Gasteiger partial charge in [-0.25, -0.2) is 4.79 Å². The van der Waals surface area contributed by atoms with Gasteiger partial charge in [0.05, 0.1) is 0 Å². The van der Waals surface area contributed by atoms with Gasteiger partial charge in [0, 0.05) is 6.42 Å².